The Balaban J connectivity index is 1.48. The number of imidazole rings is 1. The van der Waals surface area contributed by atoms with Crippen molar-refractivity contribution < 1.29 is 13.2 Å². The highest BCUT2D eigenvalue weighted by atomic mass is 19.4. The number of nitrogens with one attached hydrogen (secondary N) is 2. The van der Waals surface area contributed by atoms with Gasteiger partial charge in [0.25, 0.3) is 0 Å². The summed E-state index contributed by atoms with van der Waals surface area (Å²) in [5.74, 6) is 0.898. The van der Waals surface area contributed by atoms with E-state index in [0.717, 1.165) is 23.4 Å². The maximum Gasteiger partial charge on any atom is 0.416 e. The lowest BCUT2D eigenvalue weighted by Gasteiger charge is -2.11. The zero-order valence-corrected chi connectivity index (χ0v) is 18.4. The summed E-state index contributed by atoms with van der Waals surface area (Å²) in [6, 6.07) is 18.4. The molecule has 0 saturated heterocycles. The number of benzene rings is 2. The van der Waals surface area contributed by atoms with E-state index in [1.807, 2.05) is 42.5 Å². The largest absolute Gasteiger partial charge is 0.416 e. The number of rotatable bonds is 7. The van der Waals surface area contributed by atoms with E-state index in [4.69, 9.17) is 0 Å². The van der Waals surface area contributed by atoms with Crippen LogP contribution in [0.25, 0.3) is 11.2 Å². The van der Waals surface area contributed by atoms with Crippen LogP contribution in [0.5, 0.6) is 0 Å². The molecule has 5 rings (SSSR count). The molecule has 0 saturated carbocycles. The Bertz CT molecular complexity index is 1420. The Morgan fingerprint density at radius 1 is 0.857 bits per heavy atom. The average Bonchev–Trinajstić information content (AvgIpc) is 3.26. The second-order valence-electron chi connectivity index (χ2n) is 7.84. The lowest BCUT2D eigenvalue weighted by molar-refractivity contribution is -0.137. The Morgan fingerprint density at radius 3 is 2.37 bits per heavy atom. The standard InChI is InChI=1S/C25H20F3N7/c26-25(27,28)19-10-8-17(9-11-19)15-35-16-31-21-22(30-14-18-5-4-12-29-13-18)33-24(34-23(21)35)32-20-6-2-1-3-7-20/h1-13,16H,14-15H2,(H2,30,32,33,34). The third-order valence-corrected chi connectivity index (χ3v) is 5.31. The summed E-state index contributed by atoms with van der Waals surface area (Å²) in [5, 5.41) is 6.50. The lowest BCUT2D eigenvalue weighted by atomic mass is 10.1. The van der Waals surface area contributed by atoms with Crippen molar-refractivity contribution in [2.75, 3.05) is 10.6 Å². The number of fused-ring (bicyclic) bond motifs is 1. The van der Waals surface area contributed by atoms with Crippen molar-refractivity contribution in [3.8, 4) is 0 Å². The molecular formula is C25H20F3N7. The number of halogens is 3. The molecule has 3 heterocycles. The number of nitrogens with zero attached hydrogens (tertiary/aromatic N) is 5. The summed E-state index contributed by atoms with van der Waals surface area (Å²) < 4.78 is 40.5. The molecule has 176 valence electrons. The molecule has 35 heavy (non-hydrogen) atoms. The monoisotopic (exact) mass is 475 g/mol. The Hall–Kier alpha value is -4.47. The first-order valence-electron chi connectivity index (χ1n) is 10.8. The zero-order valence-electron chi connectivity index (χ0n) is 18.4. The molecule has 2 aromatic carbocycles. The van der Waals surface area contributed by atoms with Crippen molar-refractivity contribution in [2.45, 2.75) is 19.3 Å². The summed E-state index contributed by atoms with van der Waals surface area (Å²) in [7, 11) is 0. The molecule has 0 aliphatic rings. The van der Waals surface area contributed by atoms with Gasteiger partial charge in [-0.1, -0.05) is 36.4 Å². The second kappa shape index (κ2) is 9.41. The molecule has 0 fully saturated rings. The first-order valence-corrected chi connectivity index (χ1v) is 10.8. The number of hydrogen-bond acceptors (Lipinski definition) is 6. The minimum absolute atomic E-state index is 0.304. The van der Waals surface area contributed by atoms with Gasteiger partial charge in [0.1, 0.15) is 0 Å². The van der Waals surface area contributed by atoms with Gasteiger partial charge < -0.3 is 15.2 Å². The van der Waals surface area contributed by atoms with Crippen molar-refractivity contribution in [3.63, 3.8) is 0 Å². The molecule has 0 spiro atoms. The minimum Gasteiger partial charge on any atom is -0.364 e. The van der Waals surface area contributed by atoms with Gasteiger partial charge >= 0.3 is 6.18 Å². The third-order valence-electron chi connectivity index (χ3n) is 5.31. The number of pyridine rings is 1. The summed E-state index contributed by atoms with van der Waals surface area (Å²) >= 11 is 0. The van der Waals surface area contributed by atoms with Crippen molar-refractivity contribution >= 4 is 28.6 Å². The van der Waals surface area contributed by atoms with Crippen molar-refractivity contribution in [3.05, 3.63) is 102 Å². The molecule has 7 nitrogen and oxygen atoms in total. The van der Waals surface area contributed by atoms with Gasteiger partial charge in [-0.05, 0) is 41.5 Å². The second-order valence-corrected chi connectivity index (χ2v) is 7.84. The number of para-hydroxylation sites is 1. The molecule has 0 atom stereocenters. The highest BCUT2D eigenvalue weighted by Gasteiger charge is 2.30. The Labute approximate surface area is 198 Å². The van der Waals surface area contributed by atoms with E-state index in [-0.39, 0.29) is 0 Å². The molecule has 2 N–H and O–H groups in total. The van der Waals surface area contributed by atoms with Crippen molar-refractivity contribution in [1.82, 2.24) is 24.5 Å². The lowest BCUT2D eigenvalue weighted by Crippen LogP contribution is -2.08. The van der Waals surface area contributed by atoms with E-state index in [9.17, 15) is 13.2 Å². The van der Waals surface area contributed by atoms with Crippen LogP contribution < -0.4 is 10.6 Å². The first-order chi connectivity index (χ1) is 17.0. The van der Waals surface area contributed by atoms with Crippen LogP contribution in [0.15, 0.2) is 85.5 Å². The van der Waals surface area contributed by atoms with E-state index in [1.54, 1.807) is 23.3 Å². The van der Waals surface area contributed by atoms with Crippen LogP contribution in [0.2, 0.25) is 0 Å². The molecule has 10 heteroatoms. The maximum atomic E-state index is 12.9. The van der Waals surface area contributed by atoms with Gasteiger partial charge in [0.05, 0.1) is 18.4 Å². The van der Waals surface area contributed by atoms with Crippen LogP contribution in [0.1, 0.15) is 16.7 Å². The normalized spacial score (nSPS) is 11.5. The number of aromatic nitrogens is 5. The van der Waals surface area contributed by atoms with Gasteiger partial charge in [-0.15, -0.1) is 0 Å². The predicted molar refractivity (Wildman–Crippen MR) is 127 cm³/mol. The van der Waals surface area contributed by atoms with Crippen LogP contribution in [0, 0.1) is 0 Å². The molecule has 0 unspecified atom stereocenters. The van der Waals surface area contributed by atoms with E-state index >= 15 is 0 Å². The first kappa shape index (κ1) is 22.3. The van der Waals surface area contributed by atoms with Crippen LogP contribution >= 0.6 is 0 Å². The average molecular weight is 475 g/mol. The van der Waals surface area contributed by atoms with Gasteiger partial charge in [0, 0.05) is 24.6 Å². The topological polar surface area (TPSA) is 80.5 Å². The Kier molecular flexibility index (Phi) is 6.01. The van der Waals surface area contributed by atoms with Crippen LogP contribution in [-0.4, -0.2) is 24.5 Å². The molecule has 0 aliphatic heterocycles. The van der Waals surface area contributed by atoms with E-state index < -0.39 is 11.7 Å². The van der Waals surface area contributed by atoms with Gasteiger partial charge in [0.15, 0.2) is 17.0 Å². The number of hydrogen-bond donors (Lipinski definition) is 2. The molecule has 0 amide bonds. The fourth-order valence-electron chi connectivity index (χ4n) is 3.57. The van der Waals surface area contributed by atoms with E-state index in [2.05, 4.69) is 30.6 Å². The molecular weight excluding hydrogens is 455 g/mol. The third kappa shape index (κ3) is 5.21. The van der Waals surface area contributed by atoms with Crippen molar-refractivity contribution in [2.24, 2.45) is 0 Å². The maximum absolute atomic E-state index is 12.9. The van der Waals surface area contributed by atoms with E-state index in [1.165, 1.54) is 12.1 Å². The van der Waals surface area contributed by atoms with Crippen LogP contribution in [0.4, 0.5) is 30.6 Å². The van der Waals surface area contributed by atoms with E-state index in [0.29, 0.717) is 41.6 Å². The highest BCUT2D eigenvalue weighted by molar-refractivity contribution is 5.84. The molecule has 0 bridgehead atoms. The quantitative estimate of drug-likeness (QED) is 0.317. The number of anilines is 3. The van der Waals surface area contributed by atoms with Crippen LogP contribution in [0.3, 0.4) is 0 Å². The SMILES string of the molecule is FC(F)(F)c1ccc(Cn2cnc3c(NCc4cccnc4)nc(Nc4ccccc4)nc32)cc1. The van der Waals surface area contributed by atoms with Crippen molar-refractivity contribution in [1.29, 1.82) is 0 Å². The van der Waals surface area contributed by atoms with Crippen LogP contribution in [-0.2, 0) is 19.3 Å². The van der Waals surface area contributed by atoms with Gasteiger partial charge in [-0.25, -0.2) is 4.98 Å². The summed E-state index contributed by atoms with van der Waals surface area (Å²) in [4.78, 5) is 17.9. The number of alkyl halides is 3. The zero-order chi connectivity index (χ0) is 24.3. The molecule has 0 radical (unpaired) electrons. The minimum atomic E-state index is -4.37. The molecule has 3 aromatic heterocycles. The molecule has 5 aromatic rings. The Morgan fingerprint density at radius 2 is 1.66 bits per heavy atom. The summed E-state index contributed by atoms with van der Waals surface area (Å²) in [6.45, 7) is 0.787. The summed E-state index contributed by atoms with van der Waals surface area (Å²) in [6.07, 6.45) is 0.702. The molecule has 0 aliphatic carbocycles. The van der Waals surface area contributed by atoms with Gasteiger partial charge in [-0.2, -0.15) is 23.1 Å². The fourth-order valence-corrected chi connectivity index (χ4v) is 3.57. The summed E-state index contributed by atoms with van der Waals surface area (Å²) in [5.41, 5.74) is 2.90. The van der Waals surface area contributed by atoms with Gasteiger partial charge in [0.2, 0.25) is 5.95 Å². The highest BCUT2D eigenvalue weighted by Crippen LogP contribution is 2.29. The van der Waals surface area contributed by atoms with Gasteiger partial charge in [-0.3, -0.25) is 4.98 Å². The smallest absolute Gasteiger partial charge is 0.364 e. The predicted octanol–water partition coefficient (Wildman–Crippen LogP) is 5.64. The fraction of sp³-hybridized carbons (Fsp3) is 0.120.